The van der Waals surface area contributed by atoms with Crippen LogP contribution in [0.15, 0.2) is 18.2 Å². The summed E-state index contributed by atoms with van der Waals surface area (Å²) in [5.41, 5.74) is 2.36. The van der Waals surface area contributed by atoms with Gasteiger partial charge < -0.3 is 16.0 Å². The Balaban J connectivity index is 0.00000264. The lowest BCUT2D eigenvalue weighted by Gasteiger charge is -2.22. The molecule has 1 fully saturated rings. The highest BCUT2D eigenvalue weighted by Crippen LogP contribution is 2.24. The number of amides is 2. The first-order valence-corrected chi connectivity index (χ1v) is 7.93. The number of aryl methyl sites for hydroxylation is 1. The topological polar surface area (TPSA) is 70.2 Å². The van der Waals surface area contributed by atoms with E-state index in [0.29, 0.717) is 23.7 Å². The Morgan fingerprint density at radius 2 is 1.87 bits per heavy atom. The molecule has 1 aromatic carbocycles. The highest BCUT2D eigenvalue weighted by Gasteiger charge is 2.15. The van der Waals surface area contributed by atoms with E-state index in [1.165, 1.54) is 6.92 Å². The molecule has 128 valence electrons. The van der Waals surface area contributed by atoms with E-state index >= 15 is 0 Å². The third-order valence-corrected chi connectivity index (χ3v) is 4.00. The predicted octanol–water partition coefficient (Wildman–Crippen LogP) is 3.09. The molecule has 0 atom stereocenters. The number of benzene rings is 1. The Labute approximate surface area is 144 Å². The lowest BCUT2D eigenvalue weighted by molar-refractivity contribution is -0.116. The lowest BCUT2D eigenvalue weighted by atomic mass is 9.93. The van der Waals surface area contributed by atoms with Crippen LogP contribution in [0.25, 0.3) is 0 Å². The van der Waals surface area contributed by atoms with E-state index in [9.17, 15) is 9.59 Å². The van der Waals surface area contributed by atoms with Gasteiger partial charge in [-0.2, -0.15) is 0 Å². The largest absolute Gasteiger partial charge is 0.325 e. The van der Waals surface area contributed by atoms with Crippen LogP contribution in [0.4, 0.5) is 11.4 Å². The number of piperidine rings is 1. The standard InChI is InChI=1S/C17H25N3O2.ClH/c1-12-3-5-15(19-13(2)21)16(11-12)20-17(22)6-4-14-7-9-18-10-8-14;/h3,5,11,14,18H,4,6-10H2,1-2H3,(H,19,21)(H,20,22);1H. The highest BCUT2D eigenvalue weighted by atomic mass is 35.5. The van der Waals surface area contributed by atoms with Crippen LogP contribution >= 0.6 is 12.4 Å². The maximum absolute atomic E-state index is 12.2. The molecular formula is C17H26ClN3O2. The molecule has 1 aliphatic rings. The van der Waals surface area contributed by atoms with Gasteiger partial charge in [-0.25, -0.2) is 0 Å². The SMILES string of the molecule is CC(=O)Nc1ccc(C)cc1NC(=O)CCC1CCNCC1.Cl. The van der Waals surface area contributed by atoms with Crippen molar-refractivity contribution in [2.75, 3.05) is 23.7 Å². The van der Waals surface area contributed by atoms with Gasteiger partial charge in [-0.05, 0) is 62.9 Å². The van der Waals surface area contributed by atoms with Crippen molar-refractivity contribution >= 4 is 35.6 Å². The average Bonchev–Trinajstić information content (AvgIpc) is 2.49. The molecule has 1 saturated heterocycles. The summed E-state index contributed by atoms with van der Waals surface area (Å²) in [5.74, 6) is 0.504. The first-order valence-electron chi connectivity index (χ1n) is 7.93. The summed E-state index contributed by atoms with van der Waals surface area (Å²) in [6.07, 6.45) is 3.75. The summed E-state index contributed by atoms with van der Waals surface area (Å²) in [4.78, 5) is 23.4. The van der Waals surface area contributed by atoms with Gasteiger partial charge in [0.15, 0.2) is 0 Å². The molecule has 2 rings (SSSR count). The fourth-order valence-electron chi connectivity index (χ4n) is 2.78. The first-order chi connectivity index (χ1) is 10.5. The maximum Gasteiger partial charge on any atom is 0.224 e. The Morgan fingerprint density at radius 3 is 2.52 bits per heavy atom. The minimum absolute atomic E-state index is 0. The molecule has 2 amide bonds. The molecule has 3 N–H and O–H groups in total. The summed E-state index contributed by atoms with van der Waals surface area (Å²) in [6, 6.07) is 5.61. The Kier molecular flexibility index (Phi) is 8.06. The zero-order chi connectivity index (χ0) is 15.9. The second-order valence-corrected chi connectivity index (χ2v) is 6.01. The average molecular weight is 340 g/mol. The summed E-state index contributed by atoms with van der Waals surface area (Å²) < 4.78 is 0. The van der Waals surface area contributed by atoms with E-state index < -0.39 is 0 Å². The molecule has 0 aliphatic carbocycles. The number of halogens is 1. The third-order valence-electron chi connectivity index (χ3n) is 4.00. The predicted molar refractivity (Wildman–Crippen MR) is 96.2 cm³/mol. The summed E-state index contributed by atoms with van der Waals surface area (Å²) in [5, 5.41) is 9.01. The van der Waals surface area contributed by atoms with Crippen LogP contribution < -0.4 is 16.0 Å². The van der Waals surface area contributed by atoms with Gasteiger partial charge >= 0.3 is 0 Å². The first kappa shape index (κ1) is 19.5. The molecule has 0 aromatic heterocycles. The smallest absolute Gasteiger partial charge is 0.224 e. The Bertz CT molecular complexity index is 543. The normalized spacial score (nSPS) is 14.7. The molecule has 1 aliphatic heterocycles. The molecule has 0 radical (unpaired) electrons. The molecule has 1 heterocycles. The minimum atomic E-state index is -0.144. The molecule has 5 nitrogen and oxygen atoms in total. The van der Waals surface area contributed by atoms with Crippen LogP contribution in [0.3, 0.4) is 0 Å². The molecule has 23 heavy (non-hydrogen) atoms. The van der Waals surface area contributed by atoms with E-state index in [2.05, 4.69) is 16.0 Å². The van der Waals surface area contributed by atoms with Crippen molar-refractivity contribution in [2.24, 2.45) is 5.92 Å². The Hall–Kier alpha value is -1.59. The molecule has 0 saturated carbocycles. The van der Waals surface area contributed by atoms with Crippen molar-refractivity contribution in [2.45, 2.75) is 39.5 Å². The summed E-state index contributed by atoms with van der Waals surface area (Å²) in [6.45, 7) is 5.53. The molecule has 1 aromatic rings. The van der Waals surface area contributed by atoms with Gasteiger partial charge in [0, 0.05) is 13.3 Å². The van der Waals surface area contributed by atoms with Crippen molar-refractivity contribution in [3.8, 4) is 0 Å². The van der Waals surface area contributed by atoms with Gasteiger partial charge in [-0.3, -0.25) is 9.59 Å². The molecule has 0 bridgehead atoms. The molecule has 6 heteroatoms. The van der Waals surface area contributed by atoms with E-state index in [-0.39, 0.29) is 24.2 Å². The van der Waals surface area contributed by atoms with Crippen LogP contribution in [0.5, 0.6) is 0 Å². The number of hydrogen-bond acceptors (Lipinski definition) is 3. The number of rotatable bonds is 5. The highest BCUT2D eigenvalue weighted by molar-refractivity contribution is 5.98. The number of anilines is 2. The van der Waals surface area contributed by atoms with Gasteiger partial charge in [0.25, 0.3) is 0 Å². The van der Waals surface area contributed by atoms with Crippen molar-refractivity contribution in [3.05, 3.63) is 23.8 Å². The van der Waals surface area contributed by atoms with Crippen molar-refractivity contribution < 1.29 is 9.59 Å². The van der Waals surface area contributed by atoms with Crippen LogP contribution in [0.2, 0.25) is 0 Å². The zero-order valence-corrected chi connectivity index (χ0v) is 14.6. The van der Waals surface area contributed by atoms with Crippen molar-refractivity contribution in [3.63, 3.8) is 0 Å². The third kappa shape index (κ3) is 6.59. The number of carbonyl (C=O) groups is 2. The van der Waals surface area contributed by atoms with Gasteiger partial charge in [0.05, 0.1) is 11.4 Å². The van der Waals surface area contributed by atoms with E-state index in [1.54, 1.807) is 0 Å². The minimum Gasteiger partial charge on any atom is -0.325 e. The van der Waals surface area contributed by atoms with E-state index in [4.69, 9.17) is 0 Å². The van der Waals surface area contributed by atoms with Crippen LogP contribution in [-0.2, 0) is 9.59 Å². The Morgan fingerprint density at radius 1 is 1.17 bits per heavy atom. The van der Waals surface area contributed by atoms with Gasteiger partial charge in [-0.15, -0.1) is 12.4 Å². The number of hydrogen-bond donors (Lipinski definition) is 3. The molecule has 0 unspecified atom stereocenters. The van der Waals surface area contributed by atoms with Crippen LogP contribution in [0, 0.1) is 12.8 Å². The van der Waals surface area contributed by atoms with E-state index in [1.807, 2.05) is 25.1 Å². The number of carbonyl (C=O) groups excluding carboxylic acids is 2. The quantitative estimate of drug-likeness (QED) is 0.772. The lowest BCUT2D eigenvalue weighted by Crippen LogP contribution is -2.28. The van der Waals surface area contributed by atoms with Crippen LogP contribution in [0.1, 0.15) is 38.2 Å². The van der Waals surface area contributed by atoms with Gasteiger partial charge in [0.1, 0.15) is 0 Å². The monoisotopic (exact) mass is 339 g/mol. The van der Waals surface area contributed by atoms with E-state index in [0.717, 1.165) is 37.9 Å². The van der Waals surface area contributed by atoms with Gasteiger partial charge in [-0.1, -0.05) is 6.07 Å². The summed E-state index contributed by atoms with van der Waals surface area (Å²) >= 11 is 0. The van der Waals surface area contributed by atoms with Gasteiger partial charge in [0.2, 0.25) is 11.8 Å². The molecular weight excluding hydrogens is 314 g/mol. The number of nitrogens with one attached hydrogen (secondary N) is 3. The maximum atomic E-state index is 12.2. The van der Waals surface area contributed by atoms with Crippen molar-refractivity contribution in [1.82, 2.24) is 5.32 Å². The van der Waals surface area contributed by atoms with Crippen molar-refractivity contribution in [1.29, 1.82) is 0 Å². The zero-order valence-electron chi connectivity index (χ0n) is 13.8. The second kappa shape index (κ2) is 9.53. The fourth-order valence-corrected chi connectivity index (χ4v) is 2.78. The van der Waals surface area contributed by atoms with Crippen LogP contribution in [-0.4, -0.2) is 24.9 Å². The second-order valence-electron chi connectivity index (χ2n) is 6.01. The summed E-state index contributed by atoms with van der Waals surface area (Å²) in [7, 11) is 0. The molecule has 0 spiro atoms. The fraction of sp³-hybridized carbons (Fsp3) is 0.529.